The molecule has 5 N–H and O–H groups in total. The Morgan fingerprint density at radius 3 is 2.83 bits per heavy atom. The van der Waals surface area contributed by atoms with Gasteiger partial charge in [0.25, 0.3) is 0 Å². The predicted octanol–water partition coefficient (Wildman–Crippen LogP) is -2.20. The van der Waals surface area contributed by atoms with E-state index in [1.54, 1.807) is 4.57 Å². The molecule has 2 aromatic rings. The Morgan fingerprint density at radius 1 is 1.46 bits per heavy atom. The number of aliphatic carboxylic acids is 1. The minimum Gasteiger partial charge on any atom is -0.479 e. The Hall–Kier alpha value is -2.34. The summed E-state index contributed by atoms with van der Waals surface area (Å²) in [6, 6.07) is 0. The zero-order chi connectivity index (χ0) is 17.4. The molecule has 130 valence electrons. The maximum absolute atomic E-state index is 10.7. The van der Waals surface area contributed by atoms with Crippen molar-refractivity contribution in [2.45, 2.75) is 37.5 Å². The largest absolute Gasteiger partial charge is 0.479 e. The van der Waals surface area contributed by atoms with E-state index in [1.165, 1.54) is 17.2 Å². The van der Waals surface area contributed by atoms with Gasteiger partial charge in [0.15, 0.2) is 17.2 Å². The lowest BCUT2D eigenvalue weighted by molar-refractivity contribution is -0.147. The molecule has 1 aliphatic rings. The van der Waals surface area contributed by atoms with Gasteiger partial charge in [0.2, 0.25) is 0 Å². The average Bonchev–Trinajstić information content (AvgIpc) is 3.13. The molecule has 24 heavy (non-hydrogen) atoms. The Morgan fingerprint density at radius 2 is 2.21 bits per heavy atom. The van der Waals surface area contributed by atoms with E-state index in [1.807, 2.05) is 0 Å². The minimum absolute atomic E-state index is 0.101. The van der Waals surface area contributed by atoms with Gasteiger partial charge in [0.05, 0.1) is 31.9 Å². The SMILES string of the molecule is N=c1c2ncn([C@H]3C[C@H](O)[C@@H](CO)O3)c2ncn1CC(O)C(=O)O. The highest BCUT2D eigenvalue weighted by molar-refractivity contribution is 5.72. The zero-order valence-corrected chi connectivity index (χ0v) is 12.5. The van der Waals surface area contributed by atoms with E-state index in [0.717, 1.165) is 0 Å². The number of carboxylic acid groups (broad SMARTS) is 1. The number of imidazole rings is 1. The van der Waals surface area contributed by atoms with Gasteiger partial charge < -0.3 is 29.7 Å². The van der Waals surface area contributed by atoms with Crippen molar-refractivity contribution in [3.63, 3.8) is 0 Å². The van der Waals surface area contributed by atoms with Crippen LogP contribution in [0.25, 0.3) is 11.2 Å². The highest BCUT2D eigenvalue weighted by Crippen LogP contribution is 2.29. The van der Waals surface area contributed by atoms with Gasteiger partial charge in [-0.3, -0.25) is 9.98 Å². The normalized spacial score (nSPS) is 25.2. The lowest BCUT2D eigenvalue weighted by atomic mass is 10.2. The first-order valence-electron chi connectivity index (χ1n) is 7.24. The number of rotatable bonds is 5. The van der Waals surface area contributed by atoms with Crippen LogP contribution in [0.4, 0.5) is 0 Å². The van der Waals surface area contributed by atoms with Crippen molar-refractivity contribution >= 4 is 17.1 Å². The Bertz CT molecular complexity index is 817. The molecule has 11 heteroatoms. The average molecular weight is 339 g/mol. The predicted molar refractivity (Wildman–Crippen MR) is 76.6 cm³/mol. The molecule has 0 aromatic carbocycles. The van der Waals surface area contributed by atoms with Crippen LogP contribution in [-0.2, 0) is 16.1 Å². The third-order valence-corrected chi connectivity index (χ3v) is 3.95. The van der Waals surface area contributed by atoms with Crippen molar-refractivity contribution in [2.24, 2.45) is 0 Å². The first kappa shape index (κ1) is 16.5. The number of ether oxygens (including phenoxy) is 1. The maximum atomic E-state index is 10.7. The van der Waals surface area contributed by atoms with Gasteiger partial charge in [0, 0.05) is 6.42 Å². The topological polar surface area (TPSA) is 167 Å². The number of nitrogens with one attached hydrogen (secondary N) is 1. The fourth-order valence-electron chi connectivity index (χ4n) is 2.63. The summed E-state index contributed by atoms with van der Waals surface area (Å²) in [5.41, 5.74) is 0.439. The van der Waals surface area contributed by atoms with Gasteiger partial charge in [-0.2, -0.15) is 0 Å². The van der Waals surface area contributed by atoms with Crippen LogP contribution in [0, 0.1) is 5.41 Å². The summed E-state index contributed by atoms with van der Waals surface area (Å²) in [6.07, 6.45) is -0.837. The molecule has 0 bridgehead atoms. The second-order valence-corrected chi connectivity index (χ2v) is 5.54. The molecule has 0 radical (unpaired) electrons. The quantitative estimate of drug-likeness (QED) is 0.409. The van der Waals surface area contributed by atoms with Crippen LogP contribution in [0.1, 0.15) is 12.6 Å². The molecule has 4 atom stereocenters. The highest BCUT2D eigenvalue weighted by atomic mass is 16.5. The number of hydrogen-bond acceptors (Lipinski definition) is 8. The summed E-state index contributed by atoms with van der Waals surface area (Å²) >= 11 is 0. The Kier molecular flexibility index (Phi) is 4.32. The molecule has 1 aliphatic heterocycles. The second kappa shape index (κ2) is 6.28. The van der Waals surface area contributed by atoms with Crippen molar-refractivity contribution in [2.75, 3.05) is 6.61 Å². The molecule has 3 heterocycles. The van der Waals surface area contributed by atoms with Crippen molar-refractivity contribution < 1.29 is 30.0 Å². The molecule has 0 saturated carbocycles. The number of aliphatic hydroxyl groups is 3. The number of aromatic nitrogens is 4. The smallest absolute Gasteiger partial charge is 0.334 e. The summed E-state index contributed by atoms with van der Waals surface area (Å²) in [4.78, 5) is 19.0. The van der Waals surface area contributed by atoms with Crippen LogP contribution in [0.5, 0.6) is 0 Å². The molecule has 1 saturated heterocycles. The summed E-state index contributed by atoms with van der Waals surface area (Å²) in [5.74, 6) is -1.39. The van der Waals surface area contributed by atoms with Gasteiger partial charge in [-0.05, 0) is 0 Å². The molecular weight excluding hydrogens is 322 g/mol. The molecule has 1 fully saturated rings. The number of aliphatic hydroxyl groups excluding tert-OH is 3. The van der Waals surface area contributed by atoms with Crippen molar-refractivity contribution in [1.29, 1.82) is 5.41 Å². The number of hydrogen-bond donors (Lipinski definition) is 5. The van der Waals surface area contributed by atoms with Gasteiger partial charge in [-0.25, -0.2) is 14.8 Å². The van der Waals surface area contributed by atoms with Crippen molar-refractivity contribution in [3.05, 3.63) is 18.1 Å². The minimum atomic E-state index is -1.65. The maximum Gasteiger partial charge on any atom is 0.334 e. The number of carboxylic acids is 1. The molecule has 2 aromatic heterocycles. The third-order valence-electron chi connectivity index (χ3n) is 3.95. The van der Waals surface area contributed by atoms with E-state index in [-0.39, 0.29) is 30.6 Å². The number of fused-ring (bicyclic) bond motifs is 1. The molecule has 3 rings (SSSR count). The Balaban J connectivity index is 1.93. The third kappa shape index (κ3) is 2.78. The summed E-state index contributed by atoms with van der Waals surface area (Å²) in [6.45, 7) is -0.635. The van der Waals surface area contributed by atoms with Crippen LogP contribution in [0.15, 0.2) is 12.7 Å². The van der Waals surface area contributed by atoms with Crippen molar-refractivity contribution in [1.82, 2.24) is 19.1 Å². The van der Waals surface area contributed by atoms with E-state index in [2.05, 4.69) is 9.97 Å². The summed E-state index contributed by atoms with van der Waals surface area (Å²) in [7, 11) is 0. The molecule has 0 amide bonds. The summed E-state index contributed by atoms with van der Waals surface area (Å²) < 4.78 is 8.26. The van der Waals surface area contributed by atoms with Gasteiger partial charge >= 0.3 is 5.97 Å². The van der Waals surface area contributed by atoms with Crippen LogP contribution in [0.2, 0.25) is 0 Å². The fraction of sp³-hybridized carbons (Fsp3) is 0.538. The molecule has 11 nitrogen and oxygen atoms in total. The van der Waals surface area contributed by atoms with Crippen LogP contribution >= 0.6 is 0 Å². The number of carbonyl (C=O) groups is 1. The van der Waals surface area contributed by atoms with E-state index < -0.39 is 30.5 Å². The number of nitrogens with zero attached hydrogens (tertiary/aromatic N) is 4. The second-order valence-electron chi connectivity index (χ2n) is 5.54. The van der Waals surface area contributed by atoms with Gasteiger partial charge in [-0.15, -0.1) is 0 Å². The standard InChI is InChI=1S/C13H17N5O6/c14-11-10-12(16-4-17(11)2-7(21)13(22)23)18(5-15-10)9-1-6(20)8(3-19)24-9/h4-9,14,19-21H,1-3H2,(H,22,23)/t6-,7?,8+,9+/m0/s1. The first-order valence-corrected chi connectivity index (χ1v) is 7.24. The van der Waals surface area contributed by atoms with Crippen LogP contribution < -0.4 is 5.49 Å². The van der Waals surface area contributed by atoms with E-state index in [4.69, 9.17) is 20.4 Å². The fourth-order valence-corrected chi connectivity index (χ4v) is 2.63. The lowest BCUT2D eigenvalue weighted by Gasteiger charge is -2.14. The van der Waals surface area contributed by atoms with Gasteiger partial charge in [-0.1, -0.05) is 0 Å². The zero-order valence-electron chi connectivity index (χ0n) is 12.5. The van der Waals surface area contributed by atoms with Crippen LogP contribution in [0.3, 0.4) is 0 Å². The Labute approximate surface area is 134 Å². The van der Waals surface area contributed by atoms with Crippen molar-refractivity contribution in [3.8, 4) is 0 Å². The van der Waals surface area contributed by atoms with E-state index in [9.17, 15) is 15.0 Å². The van der Waals surface area contributed by atoms with E-state index in [0.29, 0.717) is 5.65 Å². The van der Waals surface area contributed by atoms with E-state index >= 15 is 0 Å². The highest BCUT2D eigenvalue weighted by Gasteiger charge is 2.35. The molecule has 0 aliphatic carbocycles. The molecule has 0 spiro atoms. The summed E-state index contributed by atoms with van der Waals surface area (Å²) in [5, 5.41) is 45.2. The monoisotopic (exact) mass is 339 g/mol. The first-order chi connectivity index (χ1) is 11.4. The molecular formula is C13H17N5O6. The van der Waals surface area contributed by atoms with Crippen LogP contribution in [-0.4, -0.2) is 70.4 Å². The van der Waals surface area contributed by atoms with Gasteiger partial charge in [0.1, 0.15) is 17.8 Å². The lowest BCUT2D eigenvalue weighted by Crippen LogP contribution is -2.32. The molecule has 1 unspecified atom stereocenters.